The van der Waals surface area contributed by atoms with Crippen molar-refractivity contribution >= 4 is 6.03 Å². The Labute approximate surface area is 112 Å². The molecule has 1 saturated heterocycles. The van der Waals surface area contributed by atoms with Crippen LogP contribution in [0.5, 0.6) is 0 Å². The highest BCUT2D eigenvalue weighted by atomic mass is 16.5. The summed E-state index contributed by atoms with van der Waals surface area (Å²) in [5.74, 6) is 1.23. The highest BCUT2D eigenvalue weighted by molar-refractivity contribution is 5.74. The molecule has 7 heteroatoms. The maximum atomic E-state index is 11.9. The van der Waals surface area contributed by atoms with Gasteiger partial charge in [0.25, 0.3) is 0 Å². The standard InChI is InChI=1S/C12H20N4O3/c1-8(2)11-14-10(19-15-11)6-13-12(18)16-5-3-4-9(17)7-16/h8-9,17H,3-7H2,1-2H3,(H,13,18). The number of hydrogen-bond donors (Lipinski definition) is 2. The molecule has 1 fully saturated rings. The van der Waals surface area contributed by atoms with Gasteiger partial charge in [-0.2, -0.15) is 4.98 Å². The Morgan fingerprint density at radius 3 is 3.05 bits per heavy atom. The van der Waals surface area contributed by atoms with Crippen molar-refractivity contribution in [3.8, 4) is 0 Å². The van der Waals surface area contributed by atoms with Gasteiger partial charge in [0.1, 0.15) is 0 Å². The molecule has 2 amide bonds. The lowest BCUT2D eigenvalue weighted by Crippen LogP contribution is -2.46. The van der Waals surface area contributed by atoms with E-state index < -0.39 is 6.10 Å². The summed E-state index contributed by atoms with van der Waals surface area (Å²) in [4.78, 5) is 17.7. The highest BCUT2D eigenvalue weighted by Gasteiger charge is 2.22. The molecule has 2 rings (SSSR count). The molecule has 0 spiro atoms. The van der Waals surface area contributed by atoms with E-state index in [4.69, 9.17) is 4.52 Å². The summed E-state index contributed by atoms with van der Waals surface area (Å²) in [6.45, 7) is 5.21. The quantitative estimate of drug-likeness (QED) is 0.848. The van der Waals surface area contributed by atoms with E-state index in [2.05, 4.69) is 15.5 Å². The number of carbonyl (C=O) groups is 1. The molecule has 1 atom stereocenters. The minimum atomic E-state index is -0.421. The zero-order chi connectivity index (χ0) is 13.8. The fourth-order valence-electron chi connectivity index (χ4n) is 1.98. The SMILES string of the molecule is CC(C)c1noc(CNC(=O)N2CCCC(O)C2)n1. The largest absolute Gasteiger partial charge is 0.391 e. The average molecular weight is 268 g/mol. The number of aliphatic hydroxyl groups excluding tert-OH is 1. The van der Waals surface area contributed by atoms with Gasteiger partial charge in [-0.3, -0.25) is 0 Å². The molecule has 0 bridgehead atoms. The van der Waals surface area contributed by atoms with Crippen molar-refractivity contribution in [3.63, 3.8) is 0 Å². The van der Waals surface area contributed by atoms with Crippen molar-refractivity contribution in [2.75, 3.05) is 13.1 Å². The first kappa shape index (κ1) is 13.8. The smallest absolute Gasteiger partial charge is 0.317 e. The van der Waals surface area contributed by atoms with Gasteiger partial charge in [-0.25, -0.2) is 4.79 Å². The normalized spacial score (nSPS) is 19.8. The lowest BCUT2D eigenvalue weighted by molar-refractivity contribution is 0.0839. The summed E-state index contributed by atoms with van der Waals surface area (Å²) in [6, 6.07) is -0.206. The van der Waals surface area contributed by atoms with E-state index in [1.807, 2.05) is 13.8 Å². The van der Waals surface area contributed by atoms with E-state index in [1.54, 1.807) is 4.90 Å². The second-order valence-corrected chi connectivity index (χ2v) is 5.10. The van der Waals surface area contributed by atoms with Crippen LogP contribution in [0, 0.1) is 0 Å². The number of likely N-dealkylation sites (tertiary alicyclic amines) is 1. The zero-order valence-corrected chi connectivity index (χ0v) is 11.3. The van der Waals surface area contributed by atoms with Crippen molar-refractivity contribution in [3.05, 3.63) is 11.7 Å². The zero-order valence-electron chi connectivity index (χ0n) is 11.3. The first-order chi connectivity index (χ1) is 9.06. The summed E-state index contributed by atoms with van der Waals surface area (Å²) < 4.78 is 5.04. The fourth-order valence-corrected chi connectivity index (χ4v) is 1.98. The Bertz CT molecular complexity index is 432. The molecule has 2 N–H and O–H groups in total. The number of aromatic nitrogens is 2. The minimum Gasteiger partial charge on any atom is -0.391 e. The summed E-state index contributed by atoms with van der Waals surface area (Å²) >= 11 is 0. The lowest BCUT2D eigenvalue weighted by atomic mass is 10.1. The second kappa shape index (κ2) is 6.01. The lowest BCUT2D eigenvalue weighted by Gasteiger charge is -2.29. The number of amides is 2. The van der Waals surface area contributed by atoms with Gasteiger partial charge in [0.05, 0.1) is 12.6 Å². The fraction of sp³-hybridized carbons (Fsp3) is 0.750. The number of piperidine rings is 1. The van der Waals surface area contributed by atoms with Crippen LogP contribution >= 0.6 is 0 Å². The monoisotopic (exact) mass is 268 g/mol. The molecule has 7 nitrogen and oxygen atoms in total. The van der Waals surface area contributed by atoms with Gasteiger partial charge >= 0.3 is 6.03 Å². The Hall–Kier alpha value is -1.63. The van der Waals surface area contributed by atoms with E-state index in [0.29, 0.717) is 24.8 Å². The van der Waals surface area contributed by atoms with Crippen LogP contribution in [0.3, 0.4) is 0 Å². The summed E-state index contributed by atoms with van der Waals surface area (Å²) in [7, 11) is 0. The summed E-state index contributed by atoms with van der Waals surface area (Å²) in [5.41, 5.74) is 0. The first-order valence-electron chi connectivity index (χ1n) is 6.59. The number of nitrogens with zero attached hydrogens (tertiary/aromatic N) is 3. The molecular weight excluding hydrogens is 248 g/mol. The van der Waals surface area contributed by atoms with Crippen LogP contribution in [-0.2, 0) is 6.54 Å². The summed E-state index contributed by atoms with van der Waals surface area (Å²) in [6.07, 6.45) is 1.16. The van der Waals surface area contributed by atoms with Crippen molar-refractivity contribution in [2.24, 2.45) is 0 Å². The van der Waals surface area contributed by atoms with E-state index in [1.165, 1.54) is 0 Å². The van der Waals surface area contributed by atoms with Gasteiger partial charge in [-0.15, -0.1) is 0 Å². The Balaban J connectivity index is 1.82. The maximum absolute atomic E-state index is 11.9. The molecule has 1 aliphatic heterocycles. The molecule has 1 aliphatic rings. The summed E-state index contributed by atoms with van der Waals surface area (Å²) in [5, 5.41) is 16.1. The van der Waals surface area contributed by atoms with Crippen molar-refractivity contribution in [1.82, 2.24) is 20.4 Å². The molecule has 0 radical (unpaired) electrons. The molecule has 19 heavy (non-hydrogen) atoms. The van der Waals surface area contributed by atoms with Crippen LogP contribution in [-0.4, -0.2) is 45.4 Å². The topological polar surface area (TPSA) is 91.5 Å². The van der Waals surface area contributed by atoms with E-state index in [-0.39, 0.29) is 18.5 Å². The number of urea groups is 1. The third kappa shape index (κ3) is 3.66. The molecule has 106 valence electrons. The molecule has 0 aliphatic carbocycles. The molecule has 1 unspecified atom stereocenters. The number of hydrogen-bond acceptors (Lipinski definition) is 5. The highest BCUT2D eigenvalue weighted by Crippen LogP contribution is 2.11. The predicted molar refractivity (Wildman–Crippen MR) is 67.4 cm³/mol. The van der Waals surface area contributed by atoms with Crippen molar-refractivity contribution < 1.29 is 14.4 Å². The first-order valence-corrected chi connectivity index (χ1v) is 6.59. The van der Waals surface area contributed by atoms with Crippen LogP contribution in [0.4, 0.5) is 4.79 Å². The predicted octanol–water partition coefficient (Wildman–Crippen LogP) is 0.859. The van der Waals surface area contributed by atoms with Crippen molar-refractivity contribution in [2.45, 2.75) is 45.3 Å². The third-order valence-corrected chi connectivity index (χ3v) is 3.07. The van der Waals surface area contributed by atoms with Gasteiger partial charge in [-0.05, 0) is 12.8 Å². The van der Waals surface area contributed by atoms with Crippen LogP contribution in [0.25, 0.3) is 0 Å². The van der Waals surface area contributed by atoms with Crippen LogP contribution in [0.2, 0.25) is 0 Å². The average Bonchev–Trinajstić information content (AvgIpc) is 2.85. The van der Waals surface area contributed by atoms with Crippen LogP contribution in [0.1, 0.15) is 44.3 Å². The molecule has 2 heterocycles. The van der Waals surface area contributed by atoms with Crippen LogP contribution < -0.4 is 5.32 Å². The Morgan fingerprint density at radius 1 is 1.63 bits per heavy atom. The molecule has 1 aromatic heterocycles. The van der Waals surface area contributed by atoms with Gasteiger partial charge < -0.3 is 19.8 Å². The van der Waals surface area contributed by atoms with E-state index >= 15 is 0 Å². The van der Waals surface area contributed by atoms with Gasteiger partial charge in [-0.1, -0.05) is 19.0 Å². The third-order valence-electron chi connectivity index (χ3n) is 3.07. The molecule has 1 aromatic rings. The number of carbonyl (C=O) groups excluding carboxylic acids is 1. The number of rotatable bonds is 3. The minimum absolute atomic E-state index is 0.199. The number of nitrogens with one attached hydrogen (secondary N) is 1. The van der Waals surface area contributed by atoms with Crippen LogP contribution in [0.15, 0.2) is 4.52 Å². The number of aliphatic hydroxyl groups is 1. The Morgan fingerprint density at radius 2 is 2.42 bits per heavy atom. The molecule has 0 saturated carbocycles. The van der Waals surface area contributed by atoms with Gasteiger partial charge in [0, 0.05) is 19.0 Å². The second-order valence-electron chi connectivity index (χ2n) is 5.10. The molecule has 0 aromatic carbocycles. The molecular formula is C12H20N4O3. The van der Waals surface area contributed by atoms with Gasteiger partial charge in [0.2, 0.25) is 5.89 Å². The van der Waals surface area contributed by atoms with E-state index in [0.717, 1.165) is 12.8 Å². The van der Waals surface area contributed by atoms with Crippen molar-refractivity contribution in [1.29, 1.82) is 0 Å². The maximum Gasteiger partial charge on any atom is 0.317 e. The van der Waals surface area contributed by atoms with E-state index in [9.17, 15) is 9.90 Å². The Kier molecular flexibility index (Phi) is 4.36. The number of β-amino-alcohol motifs (C(OH)–C–C–N with tert-alkyl or cyclic N) is 1. The van der Waals surface area contributed by atoms with Gasteiger partial charge in [0.15, 0.2) is 5.82 Å².